The number of nitrogens with zero attached hydrogens (tertiary/aromatic N) is 5. The Bertz CT molecular complexity index is 4510. The molecule has 75 heavy (non-hydrogen) atoms. The highest BCUT2D eigenvalue weighted by Gasteiger charge is 2.36. The Morgan fingerprint density at radius 3 is 1.35 bits per heavy atom. The molecule has 0 amide bonds. The van der Waals surface area contributed by atoms with Crippen molar-refractivity contribution in [1.29, 1.82) is 0 Å². The Kier molecular flexibility index (Phi) is 9.47. The lowest BCUT2D eigenvalue weighted by molar-refractivity contribution is 0.661. The molecule has 0 N–H and O–H groups in total. The molecule has 0 saturated carbocycles. The van der Waals surface area contributed by atoms with Crippen molar-refractivity contribution >= 4 is 54.6 Å². The van der Waals surface area contributed by atoms with Gasteiger partial charge in [0.05, 0.1) is 11.4 Å². The monoisotopic (exact) mass is 961 g/mol. The van der Waals surface area contributed by atoms with Crippen molar-refractivity contribution in [3.63, 3.8) is 0 Å². The first-order chi connectivity index (χ1) is 36.8. The van der Waals surface area contributed by atoms with Gasteiger partial charge < -0.3 is 8.83 Å². The molecular weight excluding hydrogens is 919 g/mol. The molecule has 7 nitrogen and oxygen atoms in total. The van der Waals surface area contributed by atoms with Gasteiger partial charge in [0, 0.05) is 60.3 Å². The van der Waals surface area contributed by atoms with Crippen LogP contribution in [-0.4, -0.2) is 24.9 Å². The van der Waals surface area contributed by atoms with Crippen molar-refractivity contribution in [2.45, 2.75) is 19.3 Å². The van der Waals surface area contributed by atoms with Crippen molar-refractivity contribution in [3.05, 3.63) is 236 Å². The van der Waals surface area contributed by atoms with Gasteiger partial charge in [0.2, 0.25) is 0 Å². The van der Waals surface area contributed by atoms with E-state index < -0.39 is 0 Å². The molecule has 15 rings (SSSR count). The summed E-state index contributed by atoms with van der Waals surface area (Å²) in [5.41, 5.74) is 17.4. The Morgan fingerprint density at radius 2 is 0.720 bits per heavy atom. The first-order valence-electron chi connectivity index (χ1n) is 25.3. The smallest absolute Gasteiger partial charge is 0.164 e. The second-order valence-corrected chi connectivity index (χ2v) is 20.0. The van der Waals surface area contributed by atoms with Crippen molar-refractivity contribution < 1.29 is 8.83 Å². The van der Waals surface area contributed by atoms with Crippen LogP contribution in [0.25, 0.3) is 145 Å². The van der Waals surface area contributed by atoms with Gasteiger partial charge in [-0.2, -0.15) is 0 Å². The second kappa shape index (κ2) is 16.6. The highest BCUT2D eigenvalue weighted by atomic mass is 16.3. The molecule has 0 unspecified atom stereocenters. The van der Waals surface area contributed by atoms with E-state index in [0.29, 0.717) is 23.3 Å². The van der Waals surface area contributed by atoms with Gasteiger partial charge in [0.1, 0.15) is 22.3 Å². The minimum Gasteiger partial charge on any atom is -0.456 e. The summed E-state index contributed by atoms with van der Waals surface area (Å²) in [4.78, 5) is 26.0. The largest absolute Gasteiger partial charge is 0.456 e. The first-order valence-corrected chi connectivity index (χ1v) is 25.3. The number of para-hydroxylation sites is 2. The van der Waals surface area contributed by atoms with Crippen molar-refractivity contribution in [2.75, 3.05) is 0 Å². The van der Waals surface area contributed by atoms with Crippen LogP contribution >= 0.6 is 0 Å². The summed E-state index contributed by atoms with van der Waals surface area (Å²) in [7, 11) is 0. The maximum Gasteiger partial charge on any atom is 0.164 e. The van der Waals surface area contributed by atoms with E-state index in [1.165, 1.54) is 33.0 Å². The summed E-state index contributed by atoms with van der Waals surface area (Å²) in [6.07, 6.45) is 0. The van der Waals surface area contributed by atoms with E-state index in [4.69, 9.17) is 33.8 Å². The number of aromatic nitrogens is 5. The van der Waals surface area contributed by atoms with Crippen molar-refractivity contribution in [1.82, 2.24) is 24.9 Å². The maximum absolute atomic E-state index is 6.34. The number of rotatable bonds is 7. The summed E-state index contributed by atoms with van der Waals surface area (Å²) >= 11 is 0. The second-order valence-electron chi connectivity index (χ2n) is 20.0. The lowest BCUT2D eigenvalue weighted by Gasteiger charge is -2.22. The molecule has 4 aromatic heterocycles. The van der Waals surface area contributed by atoms with E-state index in [2.05, 4.69) is 172 Å². The quantitative estimate of drug-likeness (QED) is 0.157. The van der Waals surface area contributed by atoms with Gasteiger partial charge in [0.15, 0.2) is 23.3 Å². The van der Waals surface area contributed by atoms with Crippen LogP contribution in [0.2, 0.25) is 0 Å². The number of hydrogen-bond donors (Lipinski definition) is 0. The van der Waals surface area contributed by atoms with E-state index in [0.717, 1.165) is 99.8 Å². The van der Waals surface area contributed by atoms with Crippen LogP contribution < -0.4 is 0 Å². The summed E-state index contributed by atoms with van der Waals surface area (Å²) in [6, 6.07) is 78.1. The SMILES string of the molecule is CC1(C)c2cc(-c3cc(-c4cccc(-c5cccc(-c6nc(-c7ccc8c(c7)oc7ccccc78)nc(-c7ccc8c(c7)oc7ccccc78)n6)c5)c4)nc(-c4ccccc4)n3)ccc2-c2cc3ccccc3cc21. The molecular formula is C68H43N5O2. The maximum atomic E-state index is 6.34. The third-order valence-electron chi connectivity index (χ3n) is 15.1. The highest BCUT2D eigenvalue weighted by Crippen LogP contribution is 2.51. The molecule has 352 valence electrons. The predicted octanol–water partition coefficient (Wildman–Crippen LogP) is 17.6. The zero-order valence-electron chi connectivity index (χ0n) is 40.9. The predicted molar refractivity (Wildman–Crippen MR) is 303 cm³/mol. The lowest BCUT2D eigenvalue weighted by Crippen LogP contribution is -2.15. The van der Waals surface area contributed by atoms with Crippen LogP contribution in [0.4, 0.5) is 0 Å². The van der Waals surface area contributed by atoms with Gasteiger partial charge in [-0.3, -0.25) is 0 Å². The molecule has 4 heterocycles. The number of benzene rings is 10. The van der Waals surface area contributed by atoms with Crippen molar-refractivity contribution in [2.24, 2.45) is 0 Å². The van der Waals surface area contributed by atoms with Gasteiger partial charge in [-0.05, 0) is 117 Å². The molecule has 0 aliphatic heterocycles. The zero-order valence-corrected chi connectivity index (χ0v) is 40.9. The lowest BCUT2D eigenvalue weighted by atomic mass is 9.81. The van der Waals surface area contributed by atoms with Crippen LogP contribution in [-0.2, 0) is 5.41 Å². The summed E-state index contributed by atoms with van der Waals surface area (Å²) in [6.45, 7) is 4.67. The molecule has 7 heteroatoms. The Labute approximate surface area is 431 Å². The Morgan fingerprint density at radius 1 is 0.280 bits per heavy atom. The van der Waals surface area contributed by atoms with E-state index >= 15 is 0 Å². The molecule has 10 aromatic carbocycles. The first kappa shape index (κ1) is 42.8. The molecule has 1 aliphatic rings. The molecule has 0 bridgehead atoms. The fourth-order valence-corrected chi connectivity index (χ4v) is 11.2. The minimum atomic E-state index is -0.191. The van der Waals surface area contributed by atoms with Crippen LogP contribution in [0.1, 0.15) is 25.0 Å². The molecule has 14 aromatic rings. The number of furan rings is 2. The Hall–Kier alpha value is -9.85. The Balaban J connectivity index is 0.826. The molecule has 0 radical (unpaired) electrons. The fourth-order valence-electron chi connectivity index (χ4n) is 11.2. The van der Waals surface area contributed by atoms with Crippen LogP contribution in [0, 0.1) is 0 Å². The molecule has 0 saturated heterocycles. The standard InChI is InChI=1S/C68H43N5O2/c1-68(2)56-36-46(26-29-50(56)55-34-43-16-6-7-17-44(43)35-57(55)68)59-39-58(69-64(70-59)40-14-4-3-5-15-40)45-20-12-18-41(32-45)42-19-13-21-47(33-42)65-71-66(48-27-30-53-51-22-8-10-24-60(51)74-62(53)37-48)73-67(72-65)49-28-31-54-52-23-9-11-25-61(52)75-63(54)38-49/h3-39H,1-2H3. The topological polar surface area (TPSA) is 90.7 Å². The number of hydrogen-bond acceptors (Lipinski definition) is 7. The summed E-state index contributed by atoms with van der Waals surface area (Å²) in [5.74, 6) is 2.29. The molecule has 0 spiro atoms. The highest BCUT2D eigenvalue weighted by molar-refractivity contribution is 6.07. The zero-order chi connectivity index (χ0) is 49.8. The van der Waals surface area contributed by atoms with Gasteiger partial charge in [-0.25, -0.2) is 24.9 Å². The van der Waals surface area contributed by atoms with Gasteiger partial charge >= 0.3 is 0 Å². The van der Waals surface area contributed by atoms with Crippen LogP contribution in [0.5, 0.6) is 0 Å². The number of fused-ring (bicyclic) bond motifs is 10. The van der Waals surface area contributed by atoms with E-state index in [1.807, 2.05) is 66.7 Å². The summed E-state index contributed by atoms with van der Waals surface area (Å²) in [5, 5.41) is 6.72. The average Bonchev–Trinajstić information content (AvgIpc) is 4.14. The van der Waals surface area contributed by atoms with E-state index in [1.54, 1.807) is 0 Å². The van der Waals surface area contributed by atoms with Gasteiger partial charge in [-0.15, -0.1) is 0 Å². The summed E-state index contributed by atoms with van der Waals surface area (Å²) < 4.78 is 12.7. The third kappa shape index (κ3) is 7.15. The van der Waals surface area contributed by atoms with E-state index in [9.17, 15) is 0 Å². The average molecular weight is 962 g/mol. The minimum absolute atomic E-state index is 0.191. The van der Waals surface area contributed by atoms with E-state index in [-0.39, 0.29) is 5.41 Å². The fraction of sp³-hybridized carbons (Fsp3) is 0.0441. The van der Waals surface area contributed by atoms with Crippen LogP contribution in [0.15, 0.2) is 233 Å². The van der Waals surface area contributed by atoms with Crippen molar-refractivity contribution in [3.8, 4) is 90.3 Å². The molecule has 1 aliphatic carbocycles. The van der Waals surface area contributed by atoms with Crippen LogP contribution in [0.3, 0.4) is 0 Å². The normalized spacial score (nSPS) is 12.8. The molecule has 0 atom stereocenters. The van der Waals surface area contributed by atoms with Gasteiger partial charge in [-0.1, -0.05) is 166 Å². The van der Waals surface area contributed by atoms with Gasteiger partial charge in [0.25, 0.3) is 0 Å². The third-order valence-corrected chi connectivity index (χ3v) is 15.1. The molecule has 0 fully saturated rings.